The van der Waals surface area contributed by atoms with Crippen molar-refractivity contribution in [3.8, 4) is 0 Å². The highest BCUT2D eigenvalue weighted by atomic mass is 16.2. The number of nitrogens with zero attached hydrogens (tertiary/aromatic N) is 1. The van der Waals surface area contributed by atoms with E-state index < -0.39 is 5.92 Å². The lowest BCUT2D eigenvalue weighted by Gasteiger charge is -2.18. The van der Waals surface area contributed by atoms with Gasteiger partial charge in [-0.2, -0.15) is 0 Å². The highest BCUT2D eigenvalue weighted by Gasteiger charge is 2.37. The van der Waals surface area contributed by atoms with Crippen molar-refractivity contribution in [2.75, 3.05) is 0 Å². The Balaban J connectivity index is 2.30. The van der Waals surface area contributed by atoms with Crippen molar-refractivity contribution in [3.63, 3.8) is 0 Å². The molecular weight excluding hydrogens is 206 g/mol. The molecule has 0 bridgehead atoms. The van der Waals surface area contributed by atoms with E-state index in [9.17, 15) is 14.4 Å². The fraction of sp³-hybridized carbons (Fsp3) is 0.417. The molecule has 0 saturated heterocycles. The maximum atomic E-state index is 12.0. The molecule has 0 unspecified atom stereocenters. The zero-order valence-electron chi connectivity index (χ0n) is 9.10. The van der Waals surface area contributed by atoms with Crippen molar-refractivity contribution in [2.45, 2.75) is 19.3 Å². The van der Waals surface area contributed by atoms with Crippen LogP contribution in [0.5, 0.6) is 0 Å². The van der Waals surface area contributed by atoms with Gasteiger partial charge < -0.3 is 4.57 Å². The third kappa shape index (κ3) is 1.71. The summed E-state index contributed by atoms with van der Waals surface area (Å²) >= 11 is 0. The molecule has 4 nitrogen and oxygen atoms in total. The summed E-state index contributed by atoms with van der Waals surface area (Å²) in [6.45, 7) is 0. The van der Waals surface area contributed by atoms with E-state index in [2.05, 4.69) is 0 Å². The number of hydrogen-bond donors (Lipinski definition) is 0. The van der Waals surface area contributed by atoms with E-state index in [1.807, 2.05) is 0 Å². The van der Waals surface area contributed by atoms with E-state index in [0.717, 1.165) is 0 Å². The smallest absolute Gasteiger partial charge is 0.197 e. The second-order valence-corrected chi connectivity index (χ2v) is 4.09. The van der Waals surface area contributed by atoms with E-state index in [1.54, 1.807) is 29.9 Å². The first-order chi connectivity index (χ1) is 7.61. The minimum absolute atomic E-state index is 0.234. The molecule has 0 aliphatic heterocycles. The van der Waals surface area contributed by atoms with Gasteiger partial charge in [-0.1, -0.05) is 0 Å². The second kappa shape index (κ2) is 4.04. The number of aromatic nitrogens is 1. The lowest BCUT2D eigenvalue weighted by molar-refractivity contribution is -0.133. The van der Waals surface area contributed by atoms with Crippen LogP contribution in [0.2, 0.25) is 0 Å². The summed E-state index contributed by atoms with van der Waals surface area (Å²) in [6.07, 6.45) is 2.98. The van der Waals surface area contributed by atoms with Crippen molar-refractivity contribution in [1.82, 2.24) is 4.57 Å². The Labute approximate surface area is 93.2 Å². The lowest BCUT2D eigenvalue weighted by Crippen LogP contribution is -2.36. The molecule has 1 saturated carbocycles. The van der Waals surface area contributed by atoms with Gasteiger partial charge in [-0.15, -0.1) is 0 Å². The summed E-state index contributed by atoms with van der Waals surface area (Å²) in [7, 11) is 1.73. The Morgan fingerprint density at radius 2 is 1.94 bits per heavy atom. The van der Waals surface area contributed by atoms with E-state index in [0.29, 0.717) is 25.0 Å². The minimum Gasteiger partial charge on any atom is -0.348 e. The van der Waals surface area contributed by atoms with Gasteiger partial charge in [0.25, 0.3) is 0 Å². The van der Waals surface area contributed by atoms with Crippen LogP contribution in [-0.4, -0.2) is 21.9 Å². The molecule has 1 heterocycles. The number of ketones is 3. The standard InChI is InChI=1S/C12H13NO3/c1-13-7-3-4-8(13)12(16)11-9(14)5-2-6-10(11)15/h3-4,7,11H,2,5-6H2,1H3. The molecular formula is C12H13NO3. The van der Waals surface area contributed by atoms with Crippen LogP contribution >= 0.6 is 0 Å². The number of carbonyl (C=O) groups is 3. The number of aryl methyl sites for hydroxylation is 1. The molecule has 1 aromatic heterocycles. The van der Waals surface area contributed by atoms with Crippen molar-refractivity contribution in [3.05, 3.63) is 24.0 Å². The topological polar surface area (TPSA) is 56.1 Å². The van der Waals surface area contributed by atoms with Crippen LogP contribution in [0.25, 0.3) is 0 Å². The van der Waals surface area contributed by atoms with Crippen LogP contribution in [0.15, 0.2) is 18.3 Å². The zero-order chi connectivity index (χ0) is 11.7. The maximum Gasteiger partial charge on any atom is 0.197 e. The third-order valence-electron chi connectivity index (χ3n) is 2.95. The summed E-state index contributed by atoms with van der Waals surface area (Å²) in [5, 5.41) is 0. The number of hydrogen-bond acceptors (Lipinski definition) is 3. The van der Waals surface area contributed by atoms with Crippen molar-refractivity contribution in [1.29, 1.82) is 0 Å². The summed E-state index contributed by atoms with van der Waals surface area (Å²) in [5.74, 6) is -1.88. The zero-order valence-corrected chi connectivity index (χ0v) is 9.10. The summed E-state index contributed by atoms with van der Waals surface area (Å²) in [4.78, 5) is 35.2. The molecule has 0 amide bonds. The van der Waals surface area contributed by atoms with Gasteiger partial charge in [-0.3, -0.25) is 14.4 Å². The van der Waals surface area contributed by atoms with E-state index in [-0.39, 0.29) is 17.3 Å². The number of carbonyl (C=O) groups excluding carboxylic acids is 3. The largest absolute Gasteiger partial charge is 0.348 e. The molecule has 0 N–H and O–H groups in total. The molecule has 2 rings (SSSR count). The van der Waals surface area contributed by atoms with E-state index in [4.69, 9.17) is 0 Å². The number of rotatable bonds is 2. The van der Waals surface area contributed by atoms with Crippen molar-refractivity contribution < 1.29 is 14.4 Å². The van der Waals surface area contributed by atoms with Gasteiger partial charge in [0.05, 0.1) is 5.69 Å². The van der Waals surface area contributed by atoms with Crippen LogP contribution in [-0.2, 0) is 16.6 Å². The van der Waals surface area contributed by atoms with Gasteiger partial charge in [0.15, 0.2) is 17.3 Å². The van der Waals surface area contributed by atoms with Crippen LogP contribution in [0.4, 0.5) is 0 Å². The number of Topliss-reactive ketones (excluding diaryl/α,β-unsaturated/α-hetero) is 3. The Morgan fingerprint density at radius 3 is 2.44 bits per heavy atom. The SMILES string of the molecule is Cn1cccc1C(=O)C1C(=O)CCCC1=O. The van der Waals surface area contributed by atoms with Crippen LogP contribution in [0.1, 0.15) is 29.8 Å². The average Bonchev–Trinajstić information content (AvgIpc) is 2.64. The van der Waals surface area contributed by atoms with Gasteiger partial charge in [-0.25, -0.2) is 0 Å². The van der Waals surface area contributed by atoms with Crippen LogP contribution < -0.4 is 0 Å². The third-order valence-corrected chi connectivity index (χ3v) is 2.95. The average molecular weight is 219 g/mol. The second-order valence-electron chi connectivity index (χ2n) is 4.09. The van der Waals surface area contributed by atoms with Gasteiger partial charge in [0.1, 0.15) is 5.92 Å². The molecule has 1 aromatic rings. The van der Waals surface area contributed by atoms with Gasteiger partial charge >= 0.3 is 0 Å². The predicted octanol–water partition coefficient (Wildman–Crippen LogP) is 1.15. The Bertz CT molecular complexity index is 443. The highest BCUT2D eigenvalue weighted by molar-refractivity contribution is 6.24. The van der Waals surface area contributed by atoms with Crippen molar-refractivity contribution in [2.24, 2.45) is 13.0 Å². The van der Waals surface area contributed by atoms with E-state index >= 15 is 0 Å². The van der Waals surface area contributed by atoms with E-state index in [1.165, 1.54) is 0 Å². The molecule has 4 heteroatoms. The summed E-state index contributed by atoms with van der Waals surface area (Å²) < 4.78 is 1.64. The Hall–Kier alpha value is -1.71. The monoisotopic (exact) mass is 219 g/mol. The molecule has 84 valence electrons. The Morgan fingerprint density at radius 1 is 1.31 bits per heavy atom. The summed E-state index contributed by atoms with van der Waals surface area (Å²) in [5.41, 5.74) is 0.425. The molecule has 0 aromatic carbocycles. The molecule has 0 atom stereocenters. The maximum absolute atomic E-state index is 12.0. The highest BCUT2D eigenvalue weighted by Crippen LogP contribution is 2.21. The molecule has 0 spiro atoms. The minimum atomic E-state index is -1.05. The predicted molar refractivity (Wildman–Crippen MR) is 57.1 cm³/mol. The first-order valence-corrected chi connectivity index (χ1v) is 5.32. The fourth-order valence-electron chi connectivity index (χ4n) is 2.06. The molecule has 16 heavy (non-hydrogen) atoms. The first kappa shape index (κ1) is 10.8. The normalized spacial score (nSPS) is 17.8. The quantitative estimate of drug-likeness (QED) is 0.553. The fourth-order valence-corrected chi connectivity index (χ4v) is 2.06. The van der Waals surface area contributed by atoms with Gasteiger partial charge in [0.2, 0.25) is 0 Å². The van der Waals surface area contributed by atoms with Crippen LogP contribution in [0.3, 0.4) is 0 Å². The van der Waals surface area contributed by atoms with Gasteiger partial charge in [-0.05, 0) is 18.6 Å². The van der Waals surface area contributed by atoms with Crippen molar-refractivity contribution >= 4 is 17.3 Å². The Kier molecular flexibility index (Phi) is 2.73. The summed E-state index contributed by atoms with van der Waals surface area (Å²) in [6, 6.07) is 3.36. The molecule has 1 aliphatic carbocycles. The van der Waals surface area contributed by atoms with Gasteiger partial charge in [0, 0.05) is 26.1 Å². The lowest BCUT2D eigenvalue weighted by atomic mass is 9.83. The molecule has 1 fully saturated rings. The van der Waals surface area contributed by atoms with Crippen LogP contribution in [0, 0.1) is 5.92 Å². The first-order valence-electron chi connectivity index (χ1n) is 5.32. The molecule has 0 radical (unpaired) electrons. The molecule has 1 aliphatic rings.